The van der Waals surface area contributed by atoms with Gasteiger partial charge in [-0.1, -0.05) is 0 Å². The summed E-state index contributed by atoms with van der Waals surface area (Å²) in [5.41, 5.74) is -2.24. The van der Waals surface area contributed by atoms with Crippen LogP contribution in [0.3, 0.4) is 0 Å². The van der Waals surface area contributed by atoms with E-state index in [1.54, 1.807) is 0 Å². The summed E-state index contributed by atoms with van der Waals surface area (Å²) in [6.07, 6.45) is -3.07. The highest BCUT2D eigenvalue weighted by atomic mass is 19.4. The summed E-state index contributed by atoms with van der Waals surface area (Å²) in [6, 6.07) is 0. The van der Waals surface area contributed by atoms with Crippen molar-refractivity contribution < 1.29 is 22.7 Å². The maximum atomic E-state index is 13.3. The molecule has 2 heterocycles. The predicted molar refractivity (Wildman–Crippen MR) is 67.2 cm³/mol. The van der Waals surface area contributed by atoms with Crippen molar-refractivity contribution in [3.05, 3.63) is 0 Å². The summed E-state index contributed by atoms with van der Waals surface area (Å²) in [5, 5.41) is 2.67. The lowest BCUT2D eigenvalue weighted by atomic mass is 9.84. The third-order valence-electron chi connectivity index (χ3n) is 4.33. The molecule has 20 heavy (non-hydrogen) atoms. The van der Waals surface area contributed by atoms with Gasteiger partial charge in [-0.3, -0.25) is 4.79 Å². The third kappa shape index (κ3) is 2.93. The van der Waals surface area contributed by atoms with E-state index in [9.17, 15) is 18.0 Å². The smallest absolute Gasteiger partial charge is 0.381 e. The van der Waals surface area contributed by atoms with Crippen molar-refractivity contribution in [2.75, 3.05) is 39.9 Å². The van der Waals surface area contributed by atoms with Crippen molar-refractivity contribution in [1.82, 2.24) is 10.2 Å². The first-order valence-electron chi connectivity index (χ1n) is 6.97. The topological polar surface area (TPSA) is 41.6 Å². The van der Waals surface area contributed by atoms with Gasteiger partial charge in [-0.05, 0) is 31.7 Å². The Hall–Kier alpha value is -0.820. The van der Waals surface area contributed by atoms with E-state index in [0.29, 0.717) is 19.8 Å². The molecule has 116 valence electrons. The highest BCUT2D eigenvalue weighted by molar-refractivity contribution is 5.84. The average molecular weight is 294 g/mol. The summed E-state index contributed by atoms with van der Waals surface area (Å²) < 4.78 is 45.1. The van der Waals surface area contributed by atoms with Gasteiger partial charge in [0.1, 0.15) is 0 Å². The molecule has 2 aliphatic heterocycles. The number of hydrogen-bond acceptors (Lipinski definition) is 3. The van der Waals surface area contributed by atoms with E-state index >= 15 is 0 Å². The second kappa shape index (κ2) is 5.89. The highest BCUT2D eigenvalue weighted by Gasteiger charge is 2.62. The zero-order chi connectivity index (χ0) is 14.8. The molecule has 1 amide bonds. The van der Waals surface area contributed by atoms with Crippen molar-refractivity contribution in [3.8, 4) is 0 Å². The van der Waals surface area contributed by atoms with E-state index in [1.807, 2.05) is 0 Å². The molecule has 0 saturated carbocycles. The molecule has 2 aliphatic rings. The lowest BCUT2D eigenvalue weighted by molar-refractivity contribution is -0.221. The minimum Gasteiger partial charge on any atom is -0.381 e. The van der Waals surface area contributed by atoms with Gasteiger partial charge in [-0.15, -0.1) is 0 Å². The maximum absolute atomic E-state index is 13.3. The molecule has 0 aromatic carbocycles. The molecular formula is C13H21F3N2O2. The third-order valence-corrected chi connectivity index (χ3v) is 4.33. The van der Waals surface area contributed by atoms with Crippen LogP contribution in [0.2, 0.25) is 0 Å². The predicted octanol–water partition coefficient (Wildman–Crippen LogP) is 1.41. The van der Waals surface area contributed by atoms with Crippen molar-refractivity contribution in [3.63, 3.8) is 0 Å². The second-order valence-electron chi connectivity index (χ2n) is 5.75. The van der Waals surface area contributed by atoms with Crippen LogP contribution in [0.5, 0.6) is 0 Å². The van der Waals surface area contributed by atoms with Crippen LogP contribution in [0.4, 0.5) is 13.2 Å². The van der Waals surface area contributed by atoms with Gasteiger partial charge in [0.05, 0.1) is 0 Å². The Labute approximate surface area is 116 Å². The number of halogens is 3. The Morgan fingerprint density at radius 1 is 1.40 bits per heavy atom. The fourth-order valence-electron chi connectivity index (χ4n) is 3.00. The number of nitrogens with one attached hydrogen (secondary N) is 1. The van der Waals surface area contributed by atoms with E-state index in [0.717, 1.165) is 12.8 Å². The van der Waals surface area contributed by atoms with Crippen molar-refractivity contribution in [2.45, 2.75) is 25.4 Å². The van der Waals surface area contributed by atoms with Gasteiger partial charge in [0.25, 0.3) is 0 Å². The van der Waals surface area contributed by atoms with E-state index < -0.39 is 17.5 Å². The molecule has 1 atom stereocenters. The van der Waals surface area contributed by atoms with Crippen LogP contribution in [-0.2, 0) is 9.53 Å². The summed E-state index contributed by atoms with van der Waals surface area (Å²) in [7, 11) is 1.48. The monoisotopic (exact) mass is 294 g/mol. The first-order valence-corrected chi connectivity index (χ1v) is 6.97. The van der Waals surface area contributed by atoms with Crippen molar-refractivity contribution >= 4 is 5.91 Å². The van der Waals surface area contributed by atoms with Gasteiger partial charge >= 0.3 is 6.18 Å². The molecule has 1 unspecified atom stereocenters. The number of carbonyl (C=O) groups excluding carboxylic acids is 1. The highest BCUT2D eigenvalue weighted by Crippen LogP contribution is 2.44. The van der Waals surface area contributed by atoms with Crippen LogP contribution in [0.15, 0.2) is 0 Å². The van der Waals surface area contributed by atoms with E-state index in [-0.39, 0.29) is 25.4 Å². The largest absolute Gasteiger partial charge is 0.404 e. The Morgan fingerprint density at radius 3 is 2.55 bits per heavy atom. The van der Waals surface area contributed by atoms with Crippen LogP contribution in [0, 0.1) is 11.3 Å². The molecule has 1 N–H and O–H groups in total. The average Bonchev–Trinajstić information content (AvgIpc) is 2.89. The normalized spacial score (nSPS) is 28.6. The van der Waals surface area contributed by atoms with Gasteiger partial charge < -0.3 is 15.0 Å². The molecule has 2 fully saturated rings. The summed E-state index contributed by atoms with van der Waals surface area (Å²) >= 11 is 0. The zero-order valence-corrected chi connectivity index (χ0v) is 11.6. The van der Waals surface area contributed by atoms with E-state index in [2.05, 4.69) is 5.32 Å². The number of hydrogen-bond donors (Lipinski definition) is 1. The van der Waals surface area contributed by atoms with Gasteiger partial charge in [0.2, 0.25) is 5.91 Å². The van der Waals surface area contributed by atoms with Gasteiger partial charge in [0.15, 0.2) is 5.41 Å². The number of alkyl halides is 3. The summed E-state index contributed by atoms with van der Waals surface area (Å²) in [6.45, 7) is 1.54. The Morgan fingerprint density at radius 2 is 2.05 bits per heavy atom. The van der Waals surface area contributed by atoms with Crippen LogP contribution < -0.4 is 5.32 Å². The minimum atomic E-state index is -4.50. The summed E-state index contributed by atoms with van der Waals surface area (Å²) in [4.78, 5) is 13.6. The summed E-state index contributed by atoms with van der Waals surface area (Å²) in [5.74, 6) is -0.571. The first kappa shape index (κ1) is 15.6. The van der Waals surface area contributed by atoms with Crippen LogP contribution >= 0.6 is 0 Å². The maximum Gasteiger partial charge on any atom is 0.404 e. The Kier molecular flexibility index (Phi) is 4.59. The van der Waals surface area contributed by atoms with Gasteiger partial charge in [-0.2, -0.15) is 13.2 Å². The second-order valence-corrected chi connectivity index (χ2v) is 5.75. The molecule has 0 bridgehead atoms. The number of nitrogens with zero attached hydrogens (tertiary/aromatic N) is 1. The fourth-order valence-corrected chi connectivity index (χ4v) is 3.00. The Balaban J connectivity index is 2.03. The van der Waals surface area contributed by atoms with Crippen molar-refractivity contribution in [2.24, 2.45) is 11.3 Å². The van der Waals surface area contributed by atoms with E-state index in [1.165, 1.54) is 11.9 Å². The number of ether oxygens (including phenoxy) is 1. The standard InChI is InChI=1S/C13H21F3N2O2/c1-18(8-10-2-6-20-7-3-10)11(19)12(13(14,15)16)4-5-17-9-12/h10,17H,2-9H2,1H3. The number of amides is 1. The van der Waals surface area contributed by atoms with Gasteiger partial charge in [-0.25, -0.2) is 0 Å². The SMILES string of the molecule is CN(CC1CCOCC1)C(=O)C1(C(F)(F)F)CCNC1. The minimum absolute atomic E-state index is 0.173. The molecular weight excluding hydrogens is 273 g/mol. The lowest BCUT2D eigenvalue weighted by Gasteiger charge is -2.35. The van der Waals surface area contributed by atoms with Crippen molar-refractivity contribution in [1.29, 1.82) is 0 Å². The molecule has 0 aliphatic carbocycles. The van der Waals surface area contributed by atoms with Crippen LogP contribution in [-0.4, -0.2) is 56.9 Å². The first-order chi connectivity index (χ1) is 9.37. The Bertz CT molecular complexity index is 348. The number of rotatable bonds is 3. The molecule has 2 rings (SSSR count). The molecule has 0 aromatic rings. The fraction of sp³-hybridized carbons (Fsp3) is 0.923. The molecule has 7 heteroatoms. The lowest BCUT2D eigenvalue weighted by Crippen LogP contribution is -2.53. The molecule has 4 nitrogen and oxygen atoms in total. The van der Waals surface area contributed by atoms with E-state index in [4.69, 9.17) is 4.74 Å². The van der Waals surface area contributed by atoms with Crippen LogP contribution in [0.25, 0.3) is 0 Å². The van der Waals surface area contributed by atoms with Crippen LogP contribution in [0.1, 0.15) is 19.3 Å². The zero-order valence-electron chi connectivity index (χ0n) is 11.6. The quantitative estimate of drug-likeness (QED) is 0.856. The molecule has 0 spiro atoms. The van der Waals surface area contributed by atoms with Gasteiger partial charge in [0, 0.05) is 33.4 Å². The molecule has 0 aromatic heterocycles. The molecule has 0 radical (unpaired) electrons. The number of carbonyl (C=O) groups is 1. The molecule has 2 saturated heterocycles.